The first-order valence-corrected chi connectivity index (χ1v) is 12.5. The highest BCUT2D eigenvalue weighted by molar-refractivity contribution is 7.89. The fraction of sp³-hybridized carbons (Fsp3) is 0.346. The van der Waals surface area contributed by atoms with Crippen LogP contribution in [0.2, 0.25) is 0 Å². The van der Waals surface area contributed by atoms with Crippen LogP contribution in [0.15, 0.2) is 77.7 Å². The van der Waals surface area contributed by atoms with Gasteiger partial charge in [0.15, 0.2) is 0 Å². The lowest BCUT2D eigenvalue weighted by molar-refractivity contribution is -0.149. The smallest absolute Gasteiger partial charge is 0.324 e. The van der Waals surface area contributed by atoms with Gasteiger partial charge in [0.1, 0.15) is 12.6 Å². The molecule has 3 aromatic rings. The molecule has 0 unspecified atom stereocenters. The van der Waals surface area contributed by atoms with Crippen molar-refractivity contribution in [3.63, 3.8) is 0 Å². The van der Waals surface area contributed by atoms with Gasteiger partial charge in [-0.25, -0.2) is 8.42 Å². The van der Waals surface area contributed by atoms with Gasteiger partial charge >= 0.3 is 5.97 Å². The van der Waals surface area contributed by atoms with Gasteiger partial charge in [-0.2, -0.15) is 4.31 Å². The molecule has 1 heterocycles. The van der Waals surface area contributed by atoms with E-state index < -0.39 is 33.7 Å². The summed E-state index contributed by atoms with van der Waals surface area (Å²) in [4.78, 5) is 13.2. The van der Waals surface area contributed by atoms with E-state index in [9.17, 15) is 13.2 Å². The number of carbonyl (C=O) groups excluding carboxylic acids is 1. The van der Waals surface area contributed by atoms with Crippen molar-refractivity contribution < 1.29 is 22.7 Å². The Morgan fingerprint density at radius 3 is 2.33 bits per heavy atom. The molecule has 1 aliphatic rings. The van der Waals surface area contributed by atoms with E-state index in [2.05, 4.69) is 0 Å². The van der Waals surface area contributed by atoms with Crippen LogP contribution in [0.1, 0.15) is 32.8 Å². The molecule has 1 fully saturated rings. The molecule has 7 heteroatoms. The van der Waals surface area contributed by atoms with E-state index in [0.29, 0.717) is 0 Å². The maximum Gasteiger partial charge on any atom is 0.324 e. The minimum Gasteiger partial charge on any atom is -0.460 e. The third-order valence-corrected chi connectivity index (χ3v) is 7.43. The molecule has 1 saturated heterocycles. The molecule has 174 valence electrons. The van der Waals surface area contributed by atoms with Gasteiger partial charge in [-0.15, -0.1) is 0 Å². The Morgan fingerprint density at radius 2 is 1.64 bits per heavy atom. The number of ether oxygens (including phenoxy) is 2. The Morgan fingerprint density at radius 1 is 0.970 bits per heavy atom. The maximum atomic E-state index is 13.6. The summed E-state index contributed by atoms with van der Waals surface area (Å²) in [6, 6.07) is 21.0. The molecular weight excluding hydrogens is 438 g/mol. The van der Waals surface area contributed by atoms with E-state index in [1.54, 1.807) is 18.2 Å². The topological polar surface area (TPSA) is 72.9 Å². The van der Waals surface area contributed by atoms with E-state index in [1.165, 1.54) is 4.31 Å². The summed E-state index contributed by atoms with van der Waals surface area (Å²) in [5.41, 5.74) is 0.376. The monoisotopic (exact) mass is 467 g/mol. The first-order chi connectivity index (χ1) is 15.6. The van der Waals surface area contributed by atoms with Crippen LogP contribution in [-0.4, -0.2) is 43.0 Å². The van der Waals surface area contributed by atoms with Crippen molar-refractivity contribution in [1.82, 2.24) is 4.31 Å². The van der Waals surface area contributed by atoms with Gasteiger partial charge in [-0.1, -0.05) is 60.7 Å². The molecular formula is C26H29NO5S. The Kier molecular flexibility index (Phi) is 6.56. The molecule has 0 aliphatic carbocycles. The predicted octanol–water partition coefficient (Wildman–Crippen LogP) is 4.53. The Bertz CT molecular complexity index is 1230. The molecule has 0 bridgehead atoms. The summed E-state index contributed by atoms with van der Waals surface area (Å²) in [5, 5.41) is 1.77. The largest absolute Gasteiger partial charge is 0.460 e. The third-order valence-electron chi connectivity index (χ3n) is 5.56. The van der Waals surface area contributed by atoms with Crippen molar-refractivity contribution in [2.24, 2.45) is 0 Å². The van der Waals surface area contributed by atoms with Crippen LogP contribution in [-0.2, 0) is 30.9 Å². The summed E-state index contributed by atoms with van der Waals surface area (Å²) in [7, 11) is -3.94. The van der Waals surface area contributed by atoms with E-state index in [-0.39, 0.29) is 24.5 Å². The molecule has 0 spiro atoms. The van der Waals surface area contributed by atoms with Crippen LogP contribution in [0.5, 0.6) is 0 Å². The fourth-order valence-corrected chi connectivity index (χ4v) is 5.78. The zero-order valence-corrected chi connectivity index (χ0v) is 19.9. The molecule has 0 N–H and O–H groups in total. The predicted molar refractivity (Wildman–Crippen MR) is 127 cm³/mol. The average molecular weight is 468 g/mol. The van der Waals surface area contributed by atoms with Gasteiger partial charge in [-0.05, 0) is 49.2 Å². The van der Waals surface area contributed by atoms with Gasteiger partial charge in [0.05, 0.1) is 16.6 Å². The van der Waals surface area contributed by atoms with Gasteiger partial charge < -0.3 is 9.47 Å². The van der Waals surface area contributed by atoms with E-state index in [1.807, 2.05) is 75.4 Å². The molecule has 0 saturated carbocycles. The van der Waals surface area contributed by atoms with Crippen LogP contribution in [0, 0.1) is 0 Å². The molecule has 4 rings (SSSR count). The molecule has 0 amide bonds. The number of hydrogen-bond acceptors (Lipinski definition) is 5. The minimum atomic E-state index is -3.94. The quantitative estimate of drug-likeness (QED) is 0.498. The molecule has 0 aromatic heterocycles. The van der Waals surface area contributed by atoms with E-state index in [4.69, 9.17) is 9.47 Å². The Labute approximate surface area is 195 Å². The first-order valence-electron chi connectivity index (χ1n) is 11.0. The highest BCUT2D eigenvalue weighted by atomic mass is 32.2. The van der Waals surface area contributed by atoms with Crippen LogP contribution in [0.25, 0.3) is 10.8 Å². The lowest BCUT2D eigenvalue weighted by Crippen LogP contribution is -2.41. The Hall–Kier alpha value is -2.74. The van der Waals surface area contributed by atoms with Crippen LogP contribution < -0.4 is 0 Å². The molecule has 0 radical (unpaired) electrons. The number of rotatable bonds is 6. The number of hydrogen-bond donors (Lipinski definition) is 0. The highest BCUT2D eigenvalue weighted by Gasteiger charge is 2.46. The summed E-state index contributed by atoms with van der Waals surface area (Å²) in [6.07, 6.45) is -0.160. The lowest BCUT2D eigenvalue weighted by Gasteiger charge is -2.25. The van der Waals surface area contributed by atoms with Crippen molar-refractivity contribution in [3.8, 4) is 0 Å². The van der Waals surface area contributed by atoms with Gasteiger partial charge in [0, 0.05) is 13.0 Å². The normalized spacial score (nSPS) is 19.6. The summed E-state index contributed by atoms with van der Waals surface area (Å²) in [5.74, 6) is -0.566. The van der Waals surface area contributed by atoms with Crippen molar-refractivity contribution in [3.05, 3.63) is 78.4 Å². The highest BCUT2D eigenvalue weighted by Crippen LogP contribution is 2.32. The lowest BCUT2D eigenvalue weighted by atomic mass is 10.1. The zero-order valence-electron chi connectivity index (χ0n) is 19.1. The van der Waals surface area contributed by atoms with E-state index >= 15 is 0 Å². The fourth-order valence-electron chi connectivity index (χ4n) is 4.12. The summed E-state index contributed by atoms with van der Waals surface area (Å²) >= 11 is 0. The van der Waals surface area contributed by atoms with Crippen LogP contribution in [0.3, 0.4) is 0 Å². The first kappa shape index (κ1) is 23.4. The number of fused-ring (bicyclic) bond motifs is 1. The minimum absolute atomic E-state index is 0.0881. The van der Waals surface area contributed by atoms with E-state index in [0.717, 1.165) is 16.3 Å². The van der Waals surface area contributed by atoms with Crippen molar-refractivity contribution in [2.45, 2.75) is 56.4 Å². The summed E-state index contributed by atoms with van der Waals surface area (Å²) < 4.78 is 40.1. The van der Waals surface area contributed by atoms with Gasteiger partial charge in [0.2, 0.25) is 10.0 Å². The van der Waals surface area contributed by atoms with Crippen LogP contribution >= 0.6 is 0 Å². The molecule has 3 aromatic carbocycles. The average Bonchev–Trinajstić information content (AvgIpc) is 3.21. The standard InChI is InChI=1S/C26H29NO5S/c1-26(2,3)32-22-16-24(25(28)31-18-19-9-5-4-6-10-19)27(17-22)33(29,30)23-14-13-20-11-7-8-12-21(20)15-23/h4-15,22,24H,16-18H2,1-3H3/t22-,24+/m1/s1. The zero-order chi connectivity index (χ0) is 23.6. The van der Waals surface area contributed by atoms with Crippen molar-refractivity contribution in [1.29, 1.82) is 0 Å². The number of nitrogens with zero attached hydrogens (tertiary/aromatic N) is 1. The van der Waals surface area contributed by atoms with Crippen molar-refractivity contribution in [2.75, 3.05) is 6.54 Å². The number of benzene rings is 3. The second-order valence-electron chi connectivity index (χ2n) is 9.28. The number of sulfonamides is 1. The van der Waals surface area contributed by atoms with Gasteiger partial charge in [-0.3, -0.25) is 4.79 Å². The second-order valence-corrected chi connectivity index (χ2v) is 11.2. The Balaban J connectivity index is 1.61. The molecule has 33 heavy (non-hydrogen) atoms. The summed E-state index contributed by atoms with van der Waals surface area (Å²) in [6.45, 7) is 5.92. The van der Waals surface area contributed by atoms with Crippen LogP contribution in [0.4, 0.5) is 0 Å². The molecule has 1 aliphatic heterocycles. The second kappa shape index (κ2) is 9.25. The van der Waals surface area contributed by atoms with Crippen molar-refractivity contribution >= 4 is 26.8 Å². The number of carbonyl (C=O) groups is 1. The molecule has 2 atom stereocenters. The van der Waals surface area contributed by atoms with Gasteiger partial charge in [0.25, 0.3) is 0 Å². The molecule has 6 nitrogen and oxygen atoms in total. The SMILES string of the molecule is CC(C)(C)O[C@@H]1C[C@@H](C(=O)OCc2ccccc2)N(S(=O)(=O)c2ccc3ccccc3c2)C1. The number of esters is 1. The maximum absolute atomic E-state index is 13.6. The third kappa shape index (κ3) is 5.43.